The van der Waals surface area contributed by atoms with E-state index in [9.17, 15) is 10.2 Å². The van der Waals surface area contributed by atoms with Gasteiger partial charge in [-0.25, -0.2) is 9.97 Å². The van der Waals surface area contributed by atoms with Gasteiger partial charge in [0.15, 0.2) is 6.23 Å². The van der Waals surface area contributed by atoms with Crippen molar-refractivity contribution in [3.8, 4) is 0 Å². The van der Waals surface area contributed by atoms with Gasteiger partial charge in [0.2, 0.25) is 0 Å². The lowest BCUT2D eigenvalue weighted by Gasteiger charge is -2.22. The summed E-state index contributed by atoms with van der Waals surface area (Å²) in [6.07, 6.45) is -0.875. The minimum absolute atomic E-state index is 0.396. The monoisotopic (exact) mass is 387 g/mol. The van der Waals surface area contributed by atoms with Crippen LogP contribution in [0.5, 0.6) is 0 Å². The summed E-state index contributed by atoms with van der Waals surface area (Å²) >= 11 is 6.05. The van der Waals surface area contributed by atoms with Gasteiger partial charge >= 0.3 is 0 Å². The Morgan fingerprint density at radius 1 is 1.19 bits per heavy atom. The van der Waals surface area contributed by atoms with Crippen LogP contribution in [0.3, 0.4) is 0 Å². The fraction of sp³-hybridized carbons (Fsp3) is 0.368. The van der Waals surface area contributed by atoms with Gasteiger partial charge in [0, 0.05) is 16.6 Å². The average molecular weight is 388 g/mol. The quantitative estimate of drug-likeness (QED) is 0.701. The standard InChI is InChI=1S/C19H18ClN3O4/c1-9-12-4-5-23(18(12)22-8-21-9)19-15(25)14(24)17(27-19)16-13-3-2-11(20)6-10(13)7-26-16/h2-6,8,14-17,19,24-25H,7H2,1H3/t14-,15+,16?,17-,19+/m0/s1. The second-order valence-electron chi connectivity index (χ2n) is 6.97. The molecule has 0 spiro atoms. The van der Waals surface area contributed by atoms with Crippen LogP contribution in [0.2, 0.25) is 5.02 Å². The summed E-state index contributed by atoms with van der Waals surface area (Å²) in [6, 6.07) is 7.40. The van der Waals surface area contributed by atoms with E-state index < -0.39 is 30.6 Å². The molecule has 3 aromatic rings. The summed E-state index contributed by atoms with van der Waals surface area (Å²) < 4.78 is 13.7. The van der Waals surface area contributed by atoms with Gasteiger partial charge in [0.1, 0.15) is 36.4 Å². The van der Waals surface area contributed by atoms with Crippen LogP contribution >= 0.6 is 11.6 Å². The Kier molecular flexibility index (Phi) is 3.96. The van der Waals surface area contributed by atoms with E-state index in [1.54, 1.807) is 16.8 Å². The highest BCUT2D eigenvalue weighted by molar-refractivity contribution is 6.30. The SMILES string of the molecule is Cc1ncnc2c1ccn2[C@@H]1O[C@H](C2OCc3cc(Cl)ccc32)[C@@H](O)[C@H]1O. The van der Waals surface area contributed by atoms with E-state index >= 15 is 0 Å². The number of aromatic nitrogens is 3. The molecule has 1 fully saturated rings. The highest BCUT2D eigenvalue weighted by Gasteiger charge is 2.49. The Labute approximate surface area is 160 Å². The van der Waals surface area contributed by atoms with E-state index in [-0.39, 0.29) is 0 Å². The van der Waals surface area contributed by atoms with Crippen LogP contribution in [0, 0.1) is 6.92 Å². The first kappa shape index (κ1) is 17.1. The summed E-state index contributed by atoms with van der Waals surface area (Å²) in [5.74, 6) is 0. The van der Waals surface area contributed by atoms with Gasteiger partial charge < -0.3 is 24.3 Å². The lowest BCUT2D eigenvalue weighted by Crippen LogP contribution is -2.34. The average Bonchev–Trinajstić information content (AvgIpc) is 3.33. The van der Waals surface area contributed by atoms with Gasteiger partial charge in [-0.15, -0.1) is 0 Å². The van der Waals surface area contributed by atoms with Crippen molar-refractivity contribution in [2.75, 3.05) is 0 Å². The molecule has 0 amide bonds. The molecule has 2 aliphatic heterocycles. The molecule has 5 rings (SSSR count). The molecule has 2 aliphatic rings. The molecule has 8 heteroatoms. The van der Waals surface area contributed by atoms with Crippen LogP contribution in [0.15, 0.2) is 36.8 Å². The van der Waals surface area contributed by atoms with Gasteiger partial charge in [0.25, 0.3) is 0 Å². The maximum atomic E-state index is 10.7. The fourth-order valence-electron chi connectivity index (χ4n) is 3.99. The van der Waals surface area contributed by atoms with E-state index in [0.29, 0.717) is 17.3 Å². The molecule has 0 saturated carbocycles. The molecule has 7 nitrogen and oxygen atoms in total. The zero-order valence-electron chi connectivity index (χ0n) is 14.5. The third-order valence-corrected chi connectivity index (χ3v) is 5.62. The Bertz CT molecular complexity index is 1020. The van der Waals surface area contributed by atoms with Crippen molar-refractivity contribution in [1.29, 1.82) is 0 Å². The predicted molar refractivity (Wildman–Crippen MR) is 97.2 cm³/mol. The minimum atomic E-state index is -1.11. The summed E-state index contributed by atoms with van der Waals surface area (Å²) in [6.45, 7) is 2.29. The number of nitrogens with zero attached hydrogens (tertiary/aromatic N) is 3. The number of fused-ring (bicyclic) bond motifs is 2. The molecule has 0 aliphatic carbocycles. The van der Waals surface area contributed by atoms with Crippen LogP contribution < -0.4 is 0 Å². The number of aliphatic hydroxyl groups excluding tert-OH is 2. The molecular weight excluding hydrogens is 370 g/mol. The molecule has 0 bridgehead atoms. The molecule has 27 heavy (non-hydrogen) atoms. The van der Waals surface area contributed by atoms with E-state index in [2.05, 4.69) is 9.97 Å². The van der Waals surface area contributed by atoms with Crippen LogP contribution in [0.25, 0.3) is 11.0 Å². The molecule has 2 aromatic heterocycles. The Morgan fingerprint density at radius 3 is 2.89 bits per heavy atom. The van der Waals surface area contributed by atoms with Crippen molar-refractivity contribution >= 4 is 22.6 Å². The highest BCUT2D eigenvalue weighted by atomic mass is 35.5. The number of aliphatic hydroxyl groups is 2. The number of ether oxygens (including phenoxy) is 2. The zero-order chi connectivity index (χ0) is 18.7. The molecule has 5 atom stereocenters. The van der Waals surface area contributed by atoms with Crippen molar-refractivity contribution in [3.63, 3.8) is 0 Å². The number of aryl methyl sites for hydroxylation is 1. The molecule has 1 saturated heterocycles. The van der Waals surface area contributed by atoms with Crippen molar-refractivity contribution in [2.45, 2.75) is 44.2 Å². The first-order valence-electron chi connectivity index (χ1n) is 8.74. The molecular formula is C19H18ClN3O4. The second kappa shape index (κ2) is 6.25. The Hall–Kier alpha value is -2.03. The number of hydrogen-bond acceptors (Lipinski definition) is 6. The number of halogens is 1. The lowest BCUT2D eigenvalue weighted by molar-refractivity contribution is -0.104. The Morgan fingerprint density at radius 2 is 2.04 bits per heavy atom. The number of hydrogen-bond donors (Lipinski definition) is 2. The van der Waals surface area contributed by atoms with Crippen molar-refractivity contribution < 1.29 is 19.7 Å². The smallest absolute Gasteiger partial charge is 0.164 e. The van der Waals surface area contributed by atoms with Crippen LogP contribution in [-0.4, -0.2) is 43.1 Å². The maximum Gasteiger partial charge on any atom is 0.164 e. The van der Waals surface area contributed by atoms with Gasteiger partial charge in [-0.2, -0.15) is 0 Å². The minimum Gasteiger partial charge on any atom is -0.387 e. The van der Waals surface area contributed by atoms with Crippen LogP contribution in [0.1, 0.15) is 29.2 Å². The summed E-state index contributed by atoms with van der Waals surface area (Å²) in [4.78, 5) is 8.49. The lowest BCUT2D eigenvalue weighted by atomic mass is 9.97. The molecule has 2 N–H and O–H groups in total. The fourth-order valence-corrected chi connectivity index (χ4v) is 4.18. The van der Waals surface area contributed by atoms with Gasteiger partial charge in [-0.05, 0) is 36.2 Å². The van der Waals surface area contributed by atoms with Gasteiger partial charge in [0.05, 0.1) is 12.3 Å². The summed E-state index contributed by atoms with van der Waals surface area (Å²) in [5, 5.41) is 22.8. The second-order valence-corrected chi connectivity index (χ2v) is 7.40. The Balaban J connectivity index is 1.49. The van der Waals surface area contributed by atoms with Crippen LogP contribution in [0.4, 0.5) is 0 Å². The largest absolute Gasteiger partial charge is 0.387 e. The molecule has 1 unspecified atom stereocenters. The topological polar surface area (TPSA) is 89.6 Å². The first-order valence-corrected chi connectivity index (χ1v) is 9.12. The predicted octanol–water partition coefficient (Wildman–Crippen LogP) is 2.28. The van der Waals surface area contributed by atoms with E-state index in [4.69, 9.17) is 21.1 Å². The molecule has 0 radical (unpaired) electrons. The number of rotatable bonds is 2. The van der Waals surface area contributed by atoms with Gasteiger partial charge in [-0.1, -0.05) is 17.7 Å². The number of benzene rings is 1. The third kappa shape index (κ3) is 2.58. The zero-order valence-corrected chi connectivity index (χ0v) is 15.2. The highest BCUT2D eigenvalue weighted by Crippen LogP contribution is 2.43. The summed E-state index contributed by atoms with van der Waals surface area (Å²) in [5.41, 5.74) is 3.38. The maximum absolute atomic E-state index is 10.7. The molecule has 1 aromatic carbocycles. The van der Waals surface area contributed by atoms with Gasteiger partial charge in [-0.3, -0.25) is 0 Å². The van der Waals surface area contributed by atoms with Crippen molar-refractivity contribution in [2.24, 2.45) is 0 Å². The van der Waals surface area contributed by atoms with Crippen molar-refractivity contribution in [3.05, 3.63) is 58.6 Å². The third-order valence-electron chi connectivity index (χ3n) is 5.39. The van der Waals surface area contributed by atoms with E-state index in [1.165, 1.54) is 6.33 Å². The van der Waals surface area contributed by atoms with E-state index in [0.717, 1.165) is 22.2 Å². The first-order chi connectivity index (χ1) is 13.0. The van der Waals surface area contributed by atoms with E-state index in [1.807, 2.05) is 25.1 Å². The van der Waals surface area contributed by atoms with Crippen molar-refractivity contribution in [1.82, 2.24) is 14.5 Å². The molecule has 140 valence electrons. The summed E-state index contributed by atoms with van der Waals surface area (Å²) in [7, 11) is 0. The van der Waals surface area contributed by atoms with Crippen LogP contribution in [-0.2, 0) is 16.1 Å². The normalized spacial score (nSPS) is 30.1. The molecule has 4 heterocycles.